The number of benzene rings is 1. The molecule has 0 bridgehead atoms. The third-order valence-electron chi connectivity index (χ3n) is 2.63. The lowest BCUT2D eigenvalue weighted by Crippen LogP contribution is -2.06. The molecule has 0 atom stereocenters. The lowest BCUT2D eigenvalue weighted by Gasteiger charge is -2.11. The average molecular weight is 228 g/mol. The van der Waals surface area contributed by atoms with E-state index in [1.165, 1.54) is 5.56 Å². The SMILES string of the molecule is CNCc1ccccc1-c1ncccc1OC. The van der Waals surface area contributed by atoms with E-state index in [9.17, 15) is 0 Å². The number of nitrogens with one attached hydrogen (secondary N) is 1. The molecule has 0 unspecified atom stereocenters. The molecule has 0 spiro atoms. The number of nitrogens with zero attached hydrogens (tertiary/aromatic N) is 1. The second-order valence-corrected chi connectivity index (χ2v) is 3.74. The highest BCUT2D eigenvalue weighted by molar-refractivity contribution is 5.69. The van der Waals surface area contributed by atoms with Crippen molar-refractivity contribution < 1.29 is 4.74 Å². The van der Waals surface area contributed by atoms with Crippen LogP contribution in [-0.4, -0.2) is 19.1 Å². The van der Waals surface area contributed by atoms with Gasteiger partial charge in [0.2, 0.25) is 0 Å². The summed E-state index contributed by atoms with van der Waals surface area (Å²) in [6.45, 7) is 0.815. The van der Waals surface area contributed by atoms with Gasteiger partial charge in [0, 0.05) is 18.3 Å². The summed E-state index contributed by atoms with van der Waals surface area (Å²) in [5, 5.41) is 3.16. The molecule has 1 aromatic heterocycles. The van der Waals surface area contributed by atoms with Crippen LogP contribution in [0.4, 0.5) is 0 Å². The number of rotatable bonds is 4. The molecule has 0 aliphatic heterocycles. The van der Waals surface area contributed by atoms with E-state index in [0.29, 0.717) is 0 Å². The van der Waals surface area contributed by atoms with E-state index < -0.39 is 0 Å². The highest BCUT2D eigenvalue weighted by Crippen LogP contribution is 2.29. The van der Waals surface area contributed by atoms with Crippen molar-refractivity contribution in [1.82, 2.24) is 10.3 Å². The van der Waals surface area contributed by atoms with E-state index in [1.807, 2.05) is 31.3 Å². The predicted molar refractivity (Wildman–Crippen MR) is 69.0 cm³/mol. The molecule has 0 aliphatic rings. The second-order valence-electron chi connectivity index (χ2n) is 3.74. The molecule has 0 radical (unpaired) electrons. The third kappa shape index (κ3) is 2.45. The minimum absolute atomic E-state index is 0.802. The van der Waals surface area contributed by atoms with E-state index in [2.05, 4.69) is 22.4 Å². The Morgan fingerprint density at radius 3 is 2.76 bits per heavy atom. The fraction of sp³-hybridized carbons (Fsp3) is 0.214. The molecule has 1 heterocycles. The Balaban J connectivity index is 2.52. The molecule has 2 rings (SSSR count). The molecule has 0 amide bonds. The Kier molecular flexibility index (Phi) is 3.73. The number of hydrogen-bond acceptors (Lipinski definition) is 3. The molecular weight excluding hydrogens is 212 g/mol. The zero-order chi connectivity index (χ0) is 12.1. The maximum atomic E-state index is 5.35. The van der Waals surface area contributed by atoms with Gasteiger partial charge in [0.25, 0.3) is 0 Å². The number of pyridine rings is 1. The summed E-state index contributed by atoms with van der Waals surface area (Å²) in [4.78, 5) is 4.41. The highest BCUT2D eigenvalue weighted by atomic mass is 16.5. The van der Waals surface area contributed by atoms with Crippen LogP contribution in [0.2, 0.25) is 0 Å². The molecule has 0 fully saturated rings. The Morgan fingerprint density at radius 1 is 1.18 bits per heavy atom. The molecule has 2 aromatic rings. The van der Waals surface area contributed by atoms with E-state index in [4.69, 9.17) is 4.74 Å². The normalized spacial score (nSPS) is 10.2. The molecule has 3 nitrogen and oxygen atoms in total. The van der Waals surface area contributed by atoms with Crippen LogP contribution in [-0.2, 0) is 6.54 Å². The van der Waals surface area contributed by atoms with Crippen LogP contribution in [0.5, 0.6) is 5.75 Å². The van der Waals surface area contributed by atoms with Crippen molar-refractivity contribution in [2.24, 2.45) is 0 Å². The molecule has 3 heteroatoms. The molecule has 0 saturated heterocycles. The van der Waals surface area contributed by atoms with Crippen LogP contribution in [0.15, 0.2) is 42.6 Å². The van der Waals surface area contributed by atoms with Crippen molar-refractivity contribution in [3.63, 3.8) is 0 Å². The zero-order valence-electron chi connectivity index (χ0n) is 10.1. The highest BCUT2D eigenvalue weighted by Gasteiger charge is 2.09. The van der Waals surface area contributed by atoms with Crippen LogP contribution in [0.25, 0.3) is 11.3 Å². The summed E-state index contributed by atoms with van der Waals surface area (Å²) < 4.78 is 5.35. The lowest BCUT2D eigenvalue weighted by molar-refractivity contribution is 0.415. The van der Waals surface area contributed by atoms with Gasteiger partial charge in [-0.3, -0.25) is 4.98 Å². The van der Waals surface area contributed by atoms with Crippen LogP contribution in [0, 0.1) is 0 Å². The van der Waals surface area contributed by atoms with Gasteiger partial charge in [-0.2, -0.15) is 0 Å². The molecule has 0 aliphatic carbocycles. The topological polar surface area (TPSA) is 34.2 Å². The quantitative estimate of drug-likeness (QED) is 0.873. The summed E-state index contributed by atoms with van der Waals surface area (Å²) in [6.07, 6.45) is 1.79. The lowest BCUT2D eigenvalue weighted by atomic mass is 10.0. The van der Waals surface area contributed by atoms with E-state index >= 15 is 0 Å². The summed E-state index contributed by atoms with van der Waals surface area (Å²) in [5.74, 6) is 0.802. The Hall–Kier alpha value is -1.87. The summed E-state index contributed by atoms with van der Waals surface area (Å²) in [7, 11) is 3.60. The zero-order valence-corrected chi connectivity index (χ0v) is 10.1. The van der Waals surface area contributed by atoms with Gasteiger partial charge < -0.3 is 10.1 Å². The van der Waals surface area contributed by atoms with Crippen molar-refractivity contribution >= 4 is 0 Å². The Bertz CT molecular complexity index is 497. The average Bonchev–Trinajstić information content (AvgIpc) is 2.40. The fourth-order valence-electron chi connectivity index (χ4n) is 1.85. The molecule has 88 valence electrons. The van der Waals surface area contributed by atoms with Crippen LogP contribution in [0.3, 0.4) is 0 Å². The molecule has 0 saturated carbocycles. The number of aromatic nitrogens is 1. The maximum absolute atomic E-state index is 5.35. The number of methoxy groups -OCH3 is 1. The van der Waals surface area contributed by atoms with E-state index in [-0.39, 0.29) is 0 Å². The van der Waals surface area contributed by atoms with Crippen molar-refractivity contribution in [3.8, 4) is 17.0 Å². The van der Waals surface area contributed by atoms with Gasteiger partial charge in [0.1, 0.15) is 11.4 Å². The predicted octanol–water partition coefficient (Wildman–Crippen LogP) is 2.48. The number of hydrogen-bond donors (Lipinski definition) is 1. The summed E-state index contributed by atoms with van der Waals surface area (Å²) in [6, 6.07) is 12.0. The maximum Gasteiger partial charge on any atom is 0.145 e. The van der Waals surface area contributed by atoms with E-state index in [1.54, 1.807) is 13.3 Å². The van der Waals surface area contributed by atoms with Gasteiger partial charge >= 0.3 is 0 Å². The first-order valence-electron chi connectivity index (χ1n) is 5.58. The second kappa shape index (κ2) is 5.46. The van der Waals surface area contributed by atoms with E-state index in [0.717, 1.165) is 23.6 Å². The minimum Gasteiger partial charge on any atom is -0.494 e. The Labute approximate surface area is 101 Å². The summed E-state index contributed by atoms with van der Waals surface area (Å²) in [5.41, 5.74) is 3.21. The van der Waals surface area contributed by atoms with Gasteiger partial charge in [-0.05, 0) is 24.7 Å². The van der Waals surface area contributed by atoms with Crippen LogP contribution < -0.4 is 10.1 Å². The largest absolute Gasteiger partial charge is 0.494 e. The minimum atomic E-state index is 0.802. The van der Waals surface area contributed by atoms with Crippen molar-refractivity contribution in [2.75, 3.05) is 14.2 Å². The van der Waals surface area contributed by atoms with Crippen molar-refractivity contribution in [3.05, 3.63) is 48.2 Å². The van der Waals surface area contributed by atoms with Gasteiger partial charge in [-0.25, -0.2) is 0 Å². The third-order valence-corrected chi connectivity index (χ3v) is 2.63. The molecular formula is C14H16N2O. The van der Waals surface area contributed by atoms with Gasteiger partial charge in [-0.1, -0.05) is 24.3 Å². The first-order chi connectivity index (χ1) is 8.36. The van der Waals surface area contributed by atoms with Crippen LogP contribution >= 0.6 is 0 Å². The smallest absolute Gasteiger partial charge is 0.145 e. The van der Waals surface area contributed by atoms with Crippen molar-refractivity contribution in [2.45, 2.75) is 6.54 Å². The fourth-order valence-corrected chi connectivity index (χ4v) is 1.85. The Morgan fingerprint density at radius 2 is 2.00 bits per heavy atom. The molecule has 17 heavy (non-hydrogen) atoms. The van der Waals surface area contributed by atoms with Gasteiger partial charge in [0.15, 0.2) is 0 Å². The van der Waals surface area contributed by atoms with Gasteiger partial charge in [0.05, 0.1) is 7.11 Å². The first-order valence-corrected chi connectivity index (χ1v) is 5.58. The molecule has 1 aromatic carbocycles. The summed E-state index contributed by atoms with van der Waals surface area (Å²) >= 11 is 0. The molecule has 1 N–H and O–H groups in total. The van der Waals surface area contributed by atoms with Crippen molar-refractivity contribution in [1.29, 1.82) is 0 Å². The number of ether oxygens (including phenoxy) is 1. The van der Waals surface area contributed by atoms with Crippen LogP contribution in [0.1, 0.15) is 5.56 Å². The monoisotopic (exact) mass is 228 g/mol. The van der Waals surface area contributed by atoms with Gasteiger partial charge in [-0.15, -0.1) is 0 Å². The standard InChI is InChI=1S/C14H16N2O/c1-15-10-11-6-3-4-7-12(11)14-13(17-2)8-5-9-16-14/h3-9,15H,10H2,1-2H3. The first kappa shape index (κ1) is 11.6.